The molecule has 10 nitrogen and oxygen atoms in total. The molecule has 0 aromatic heterocycles. The van der Waals surface area contributed by atoms with Gasteiger partial charge in [-0.1, -0.05) is 44.4 Å². The fourth-order valence-corrected chi connectivity index (χ4v) is 6.27. The molecule has 218 valence electrons. The Bertz CT molecular complexity index is 1280. The predicted molar refractivity (Wildman–Crippen MR) is 153 cm³/mol. The van der Waals surface area contributed by atoms with Crippen LogP contribution in [0, 0.1) is 5.92 Å². The van der Waals surface area contributed by atoms with E-state index in [0.717, 1.165) is 25.7 Å². The minimum absolute atomic E-state index is 0.100. The van der Waals surface area contributed by atoms with Gasteiger partial charge in [-0.3, -0.25) is 9.52 Å². The van der Waals surface area contributed by atoms with E-state index in [-0.39, 0.29) is 53.2 Å². The van der Waals surface area contributed by atoms with E-state index in [9.17, 15) is 23.1 Å². The molecular formula is C29H40N4O6S. The zero-order chi connectivity index (χ0) is 28.9. The molecule has 0 radical (unpaired) electrons. The van der Waals surface area contributed by atoms with Gasteiger partial charge in [-0.15, -0.1) is 0 Å². The van der Waals surface area contributed by atoms with Crippen molar-refractivity contribution in [2.45, 2.75) is 69.0 Å². The molecule has 1 fully saturated rings. The number of fused-ring (bicyclic) bond motifs is 1. The van der Waals surface area contributed by atoms with Crippen molar-refractivity contribution in [2.75, 3.05) is 31.5 Å². The van der Waals surface area contributed by atoms with Crippen LogP contribution in [-0.2, 0) is 10.0 Å². The molecule has 0 spiro atoms. The van der Waals surface area contributed by atoms with Crippen LogP contribution in [0.3, 0.4) is 0 Å². The summed E-state index contributed by atoms with van der Waals surface area (Å²) in [7, 11) is -2.14. The molecule has 0 bridgehead atoms. The van der Waals surface area contributed by atoms with E-state index in [1.54, 1.807) is 54.1 Å². The number of carbonyl (C=O) groups excluding carboxylic acids is 2. The van der Waals surface area contributed by atoms with Crippen molar-refractivity contribution in [1.82, 2.24) is 15.1 Å². The predicted octanol–water partition coefficient (Wildman–Crippen LogP) is 3.68. The normalized spacial score (nSPS) is 20.9. The summed E-state index contributed by atoms with van der Waals surface area (Å²) < 4.78 is 34.7. The number of anilines is 1. The number of hydrogen-bond donors (Lipinski definition) is 3. The Morgan fingerprint density at radius 3 is 2.52 bits per heavy atom. The van der Waals surface area contributed by atoms with Crippen LogP contribution in [0.1, 0.15) is 56.3 Å². The lowest BCUT2D eigenvalue weighted by atomic mass is 9.96. The van der Waals surface area contributed by atoms with Crippen molar-refractivity contribution in [2.24, 2.45) is 5.92 Å². The van der Waals surface area contributed by atoms with Crippen molar-refractivity contribution in [3.63, 3.8) is 0 Å². The summed E-state index contributed by atoms with van der Waals surface area (Å²) in [6.45, 7) is 4.06. The minimum Gasteiger partial charge on any atom is -0.487 e. The van der Waals surface area contributed by atoms with E-state index >= 15 is 0 Å². The number of sulfonamides is 1. The van der Waals surface area contributed by atoms with E-state index in [1.807, 2.05) is 6.92 Å². The Morgan fingerprint density at radius 2 is 1.85 bits per heavy atom. The number of hydrogen-bond acceptors (Lipinski definition) is 6. The Kier molecular flexibility index (Phi) is 9.57. The molecule has 0 unspecified atom stereocenters. The SMILES string of the molecule is C[C@H](CO)N1C[C@H](C)[C@H](CN(C)C(=O)NC2CCCCC2)Oc2ccc(NS(=O)(=O)c3ccccc3)cc2C1=O. The number of amides is 3. The lowest BCUT2D eigenvalue weighted by Crippen LogP contribution is -2.52. The van der Waals surface area contributed by atoms with E-state index in [4.69, 9.17) is 4.74 Å². The van der Waals surface area contributed by atoms with Crippen LogP contribution in [0.25, 0.3) is 0 Å². The second-order valence-corrected chi connectivity index (χ2v) is 12.6. The van der Waals surface area contributed by atoms with E-state index in [2.05, 4.69) is 10.0 Å². The summed E-state index contributed by atoms with van der Waals surface area (Å²) in [5, 5.41) is 13.0. The molecule has 40 heavy (non-hydrogen) atoms. The molecule has 0 saturated heterocycles. The summed E-state index contributed by atoms with van der Waals surface area (Å²) in [6.07, 6.45) is 4.95. The van der Waals surface area contributed by atoms with Crippen molar-refractivity contribution >= 4 is 27.6 Å². The smallest absolute Gasteiger partial charge is 0.317 e. The van der Waals surface area contributed by atoms with Crippen LogP contribution >= 0.6 is 0 Å². The zero-order valence-electron chi connectivity index (χ0n) is 23.4. The fourth-order valence-electron chi connectivity index (χ4n) is 5.20. The van der Waals surface area contributed by atoms with Gasteiger partial charge in [0.05, 0.1) is 29.7 Å². The molecule has 1 heterocycles. The van der Waals surface area contributed by atoms with Gasteiger partial charge in [0.15, 0.2) is 0 Å². The Balaban J connectivity index is 1.59. The largest absolute Gasteiger partial charge is 0.487 e. The second kappa shape index (κ2) is 12.9. The average molecular weight is 573 g/mol. The molecule has 3 amide bonds. The number of carbonyl (C=O) groups is 2. The molecule has 3 N–H and O–H groups in total. The Morgan fingerprint density at radius 1 is 1.15 bits per heavy atom. The molecule has 1 aliphatic carbocycles. The van der Waals surface area contributed by atoms with Gasteiger partial charge in [-0.25, -0.2) is 13.2 Å². The first-order valence-electron chi connectivity index (χ1n) is 13.9. The zero-order valence-corrected chi connectivity index (χ0v) is 24.2. The highest BCUT2D eigenvalue weighted by atomic mass is 32.2. The molecule has 11 heteroatoms. The van der Waals surface area contributed by atoms with E-state index < -0.39 is 22.2 Å². The van der Waals surface area contributed by atoms with Gasteiger partial charge in [0.25, 0.3) is 15.9 Å². The number of urea groups is 1. The van der Waals surface area contributed by atoms with Gasteiger partial charge in [0.1, 0.15) is 11.9 Å². The maximum atomic E-state index is 13.7. The molecule has 1 aliphatic heterocycles. The summed E-state index contributed by atoms with van der Waals surface area (Å²) in [6, 6.07) is 12.1. The van der Waals surface area contributed by atoms with Crippen molar-refractivity contribution in [1.29, 1.82) is 0 Å². The first-order valence-corrected chi connectivity index (χ1v) is 15.4. The Hall–Kier alpha value is -3.31. The standard InChI is InChI=1S/C29H40N4O6S/c1-20-17-33(21(2)19-34)28(35)25-16-23(31-40(37,38)24-12-8-5-9-13-24)14-15-26(25)39-27(20)18-32(3)29(36)30-22-10-6-4-7-11-22/h5,8-9,12-16,20-22,27,31,34H,4,6-7,10-11,17-19H2,1-3H3,(H,30,36)/t20-,21+,27-/m0/s1. The maximum absolute atomic E-state index is 13.7. The summed E-state index contributed by atoms with van der Waals surface area (Å²) in [5.41, 5.74) is 0.394. The summed E-state index contributed by atoms with van der Waals surface area (Å²) in [4.78, 5) is 29.9. The van der Waals surface area contributed by atoms with Gasteiger partial charge in [0.2, 0.25) is 0 Å². The molecule has 3 atom stereocenters. The monoisotopic (exact) mass is 572 g/mol. The van der Waals surface area contributed by atoms with Crippen molar-refractivity contribution < 1.29 is 27.9 Å². The molecule has 2 aliphatic rings. The highest BCUT2D eigenvalue weighted by Gasteiger charge is 2.34. The third kappa shape index (κ3) is 7.06. The van der Waals surface area contributed by atoms with Gasteiger partial charge < -0.3 is 25.0 Å². The van der Waals surface area contributed by atoms with Crippen molar-refractivity contribution in [3.8, 4) is 5.75 Å². The van der Waals surface area contributed by atoms with Crippen LogP contribution in [0.5, 0.6) is 5.75 Å². The number of rotatable bonds is 8. The minimum atomic E-state index is -3.87. The van der Waals surface area contributed by atoms with Crippen molar-refractivity contribution in [3.05, 3.63) is 54.1 Å². The molecule has 4 rings (SSSR count). The van der Waals surface area contributed by atoms with Crippen LogP contribution < -0.4 is 14.8 Å². The van der Waals surface area contributed by atoms with Gasteiger partial charge in [0, 0.05) is 31.2 Å². The first kappa shape index (κ1) is 29.7. The van der Waals surface area contributed by atoms with Gasteiger partial charge in [-0.05, 0) is 50.1 Å². The lowest BCUT2D eigenvalue weighted by molar-refractivity contribution is 0.0366. The average Bonchev–Trinajstić information content (AvgIpc) is 2.95. The van der Waals surface area contributed by atoms with Crippen LogP contribution in [-0.4, -0.2) is 80.2 Å². The number of benzene rings is 2. The molecule has 2 aromatic rings. The van der Waals surface area contributed by atoms with E-state index in [0.29, 0.717) is 12.3 Å². The van der Waals surface area contributed by atoms with Gasteiger partial charge >= 0.3 is 6.03 Å². The molecular weight excluding hydrogens is 532 g/mol. The number of aliphatic hydroxyl groups excluding tert-OH is 1. The topological polar surface area (TPSA) is 128 Å². The third-order valence-corrected chi connectivity index (χ3v) is 9.10. The number of nitrogens with zero attached hydrogens (tertiary/aromatic N) is 2. The van der Waals surface area contributed by atoms with Crippen LogP contribution in [0.15, 0.2) is 53.4 Å². The first-order chi connectivity index (χ1) is 19.1. The number of ether oxygens (including phenoxy) is 1. The molecule has 1 saturated carbocycles. The maximum Gasteiger partial charge on any atom is 0.317 e. The third-order valence-electron chi connectivity index (χ3n) is 7.70. The molecule has 2 aromatic carbocycles. The number of nitrogens with one attached hydrogen (secondary N) is 2. The fraction of sp³-hybridized carbons (Fsp3) is 0.517. The quantitative estimate of drug-likeness (QED) is 0.443. The number of aliphatic hydroxyl groups is 1. The summed E-state index contributed by atoms with van der Waals surface area (Å²) in [5.74, 6) is -0.237. The highest BCUT2D eigenvalue weighted by Crippen LogP contribution is 2.31. The van der Waals surface area contributed by atoms with Crippen LogP contribution in [0.2, 0.25) is 0 Å². The second-order valence-electron chi connectivity index (χ2n) is 10.9. The number of likely N-dealkylation sites (N-methyl/N-ethyl adjacent to an activating group) is 1. The Labute approximate surface area is 236 Å². The highest BCUT2D eigenvalue weighted by molar-refractivity contribution is 7.92. The lowest BCUT2D eigenvalue weighted by Gasteiger charge is -2.38. The van der Waals surface area contributed by atoms with E-state index in [1.165, 1.54) is 24.6 Å². The summed E-state index contributed by atoms with van der Waals surface area (Å²) >= 11 is 0. The van der Waals surface area contributed by atoms with Crippen LogP contribution in [0.4, 0.5) is 10.5 Å². The van der Waals surface area contributed by atoms with Gasteiger partial charge in [-0.2, -0.15) is 0 Å².